The molecule has 110 valence electrons. The van der Waals surface area contributed by atoms with Gasteiger partial charge in [-0.15, -0.1) is 0 Å². The van der Waals surface area contributed by atoms with Crippen LogP contribution in [0, 0.1) is 6.92 Å². The Balaban J connectivity index is 1.71. The fraction of sp³-hybridized carbons (Fsp3) is 0.412. The van der Waals surface area contributed by atoms with E-state index in [1.54, 1.807) is 0 Å². The number of aryl methyl sites for hydroxylation is 1. The van der Waals surface area contributed by atoms with Crippen LogP contribution >= 0.6 is 0 Å². The van der Waals surface area contributed by atoms with Crippen molar-refractivity contribution in [2.75, 3.05) is 26.7 Å². The maximum atomic E-state index is 4.52. The van der Waals surface area contributed by atoms with Crippen molar-refractivity contribution in [1.29, 1.82) is 0 Å². The molecule has 0 unspecified atom stereocenters. The Morgan fingerprint density at radius 1 is 1.14 bits per heavy atom. The average Bonchev–Trinajstić information content (AvgIpc) is 2.50. The summed E-state index contributed by atoms with van der Waals surface area (Å²) < 4.78 is 0. The topological polar surface area (TPSA) is 32.3 Å². The molecular weight excluding hydrogens is 260 g/mol. The van der Waals surface area contributed by atoms with Crippen LogP contribution in [-0.4, -0.2) is 46.4 Å². The third-order valence-electron chi connectivity index (χ3n) is 4.14. The Bertz CT molecular complexity index is 584. The van der Waals surface area contributed by atoms with Crippen molar-refractivity contribution in [3.05, 3.63) is 59.7 Å². The highest BCUT2D eigenvalue weighted by Crippen LogP contribution is 2.24. The van der Waals surface area contributed by atoms with E-state index in [0.717, 1.165) is 37.7 Å². The number of rotatable bonds is 3. The van der Waals surface area contributed by atoms with Crippen LogP contribution in [0.5, 0.6) is 0 Å². The van der Waals surface area contributed by atoms with Crippen molar-refractivity contribution < 1.29 is 0 Å². The van der Waals surface area contributed by atoms with Crippen molar-refractivity contribution in [2.45, 2.75) is 19.5 Å². The number of aromatic nitrogens is 2. The van der Waals surface area contributed by atoms with Gasteiger partial charge < -0.3 is 0 Å². The molecule has 1 saturated heterocycles. The molecule has 1 aliphatic rings. The van der Waals surface area contributed by atoms with E-state index in [0.29, 0.717) is 6.04 Å². The summed E-state index contributed by atoms with van der Waals surface area (Å²) in [5.41, 5.74) is 2.50. The minimum Gasteiger partial charge on any atom is -0.297 e. The molecule has 0 spiro atoms. The van der Waals surface area contributed by atoms with E-state index in [4.69, 9.17) is 0 Å². The van der Waals surface area contributed by atoms with E-state index >= 15 is 0 Å². The number of benzene rings is 1. The first-order valence-corrected chi connectivity index (χ1v) is 7.48. The second-order valence-corrected chi connectivity index (χ2v) is 5.74. The Hall–Kier alpha value is -1.78. The van der Waals surface area contributed by atoms with Gasteiger partial charge in [0.2, 0.25) is 0 Å². The second-order valence-electron chi connectivity index (χ2n) is 5.74. The van der Waals surface area contributed by atoms with Crippen LogP contribution in [0.2, 0.25) is 0 Å². The van der Waals surface area contributed by atoms with Gasteiger partial charge in [-0.05, 0) is 25.6 Å². The second kappa shape index (κ2) is 6.33. The number of nitrogens with zero attached hydrogens (tertiary/aromatic N) is 4. The molecule has 2 heterocycles. The first kappa shape index (κ1) is 14.2. The van der Waals surface area contributed by atoms with Crippen LogP contribution in [0.25, 0.3) is 0 Å². The Morgan fingerprint density at radius 3 is 2.71 bits per heavy atom. The van der Waals surface area contributed by atoms with Gasteiger partial charge in [0.05, 0.1) is 5.69 Å². The van der Waals surface area contributed by atoms with E-state index in [1.165, 1.54) is 5.56 Å². The molecule has 0 amide bonds. The van der Waals surface area contributed by atoms with E-state index < -0.39 is 0 Å². The molecule has 4 heteroatoms. The van der Waals surface area contributed by atoms with Crippen molar-refractivity contribution in [1.82, 2.24) is 19.8 Å². The smallest absolute Gasteiger partial charge is 0.125 e. The third-order valence-corrected chi connectivity index (χ3v) is 4.14. The minimum absolute atomic E-state index is 0.461. The molecule has 4 nitrogen and oxygen atoms in total. The molecule has 1 aromatic heterocycles. The Labute approximate surface area is 126 Å². The van der Waals surface area contributed by atoms with Crippen LogP contribution < -0.4 is 0 Å². The van der Waals surface area contributed by atoms with Gasteiger partial charge in [0, 0.05) is 38.4 Å². The fourth-order valence-corrected chi connectivity index (χ4v) is 2.93. The van der Waals surface area contributed by atoms with Gasteiger partial charge in [0.25, 0.3) is 0 Å². The highest BCUT2D eigenvalue weighted by molar-refractivity contribution is 5.20. The number of hydrogen-bond acceptors (Lipinski definition) is 4. The fourth-order valence-electron chi connectivity index (χ4n) is 2.93. The van der Waals surface area contributed by atoms with Crippen molar-refractivity contribution in [3.63, 3.8) is 0 Å². The molecule has 0 radical (unpaired) electrons. The molecule has 0 bridgehead atoms. The van der Waals surface area contributed by atoms with Crippen LogP contribution in [0.15, 0.2) is 42.6 Å². The third kappa shape index (κ3) is 3.46. The molecule has 1 atom stereocenters. The van der Waals surface area contributed by atoms with Crippen LogP contribution in [0.3, 0.4) is 0 Å². The highest BCUT2D eigenvalue weighted by Gasteiger charge is 2.25. The summed E-state index contributed by atoms with van der Waals surface area (Å²) in [4.78, 5) is 13.6. The van der Waals surface area contributed by atoms with Crippen LogP contribution in [0.4, 0.5) is 0 Å². The molecule has 0 saturated carbocycles. The lowest BCUT2D eigenvalue weighted by Crippen LogP contribution is -2.46. The summed E-state index contributed by atoms with van der Waals surface area (Å²) in [7, 11) is 2.21. The normalized spacial score (nSPS) is 20.6. The number of likely N-dealkylation sites (N-methyl/N-ethyl adjacent to an activating group) is 1. The minimum atomic E-state index is 0.461. The molecular formula is C17H22N4. The zero-order valence-corrected chi connectivity index (χ0v) is 12.7. The lowest BCUT2D eigenvalue weighted by Gasteiger charge is -2.39. The lowest BCUT2D eigenvalue weighted by molar-refractivity contribution is 0.0895. The summed E-state index contributed by atoms with van der Waals surface area (Å²) in [5, 5.41) is 0. The standard InChI is InChI=1S/C17H22N4/c1-14-18-9-8-16(19-14)12-21-11-10-20(2)17(13-21)15-6-4-3-5-7-15/h3-9,17H,10-13H2,1-2H3/t17-/m0/s1. The SMILES string of the molecule is Cc1nccc(CN2CCN(C)[C@H](c3ccccc3)C2)n1. The van der Waals surface area contributed by atoms with Gasteiger partial charge in [-0.25, -0.2) is 9.97 Å². The maximum absolute atomic E-state index is 4.52. The van der Waals surface area contributed by atoms with Gasteiger partial charge in [0.1, 0.15) is 5.82 Å². The number of piperazine rings is 1. The molecule has 0 N–H and O–H groups in total. The van der Waals surface area contributed by atoms with Crippen LogP contribution in [-0.2, 0) is 6.54 Å². The molecule has 1 aliphatic heterocycles. The van der Waals surface area contributed by atoms with Crippen molar-refractivity contribution in [2.24, 2.45) is 0 Å². The lowest BCUT2D eigenvalue weighted by atomic mass is 10.0. The van der Waals surface area contributed by atoms with Crippen molar-refractivity contribution >= 4 is 0 Å². The van der Waals surface area contributed by atoms with Gasteiger partial charge >= 0.3 is 0 Å². The summed E-state index contributed by atoms with van der Waals surface area (Å²) in [6, 6.07) is 13.2. The highest BCUT2D eigenvalue weighted by atomic mass is 15.3. The van der Waals surface area contributed by atoms with Gasteiger partial charge in [-0.3, -0.25) is 9.80 Å². The maximum Gasteiger partial charge on any atom is 0.125 e. The van der Waals surface area contributed by atoms with Gasteiger partial charge in [-0.2, -0.15) is 0 Å². The average molecular weight is 282 g/mol. The van der Waals surface area contributed by atoms with Crippen molar-refractivity contribution in [3.8, 4) is 0 Å². The van der Waals surface area contributed by atoms with E-state index in [2.05, 4.69) is 57.1 Å². The van der Waals surface area contributed by atoms with Gasteiger partial charge in [-0.1, -0.05) is 30.3 Å². The summed E-state index contributed by atoms with van der Waals surface area (Å²) in [5.74, 6) is 0.848. The summed E-state index contributed by atoms with van der Waals surface area (Å²) in [6.45, 7) is 6.07. The first-order chi connectivity index (χ1) is 10.2. The molecule has 3 rings (SSSR count). The molecule has 21 heavy (non-hydrogen) atoms. The largest absolute Gasteiger partial charge is 0.297 e. The van der Waals surface area contributed by atoms with E-state index in [-0.39, 0.29) is 0 Å². The molecule has 0 aliphatic carbocycles. The molecule has 2 aromatic rings. The Morgan fingerprint density at radius 2 is 1.95 bits per heavy atom. The van der Waals surface area contributed by atoms with Gasteiger partial charge in [0.15, 0.2) is 0 Å². The monoisotopic (exact) mass is 282 g/mol. The van der Waals surface area contributed by atoms with E-state index in [1.807, 2.05) is 19.2 Å². The summed E-state index contributed by atoms with van der Waals surface area (Å²) in [6.07, 6.45) is 1.85. The zero-order chi connectivity index (χ0) is 14.7. The zero-order valence-electron chi connectivity index (χ0n) is 12.7. The first-order valence-electron chi connectivity index (χ1n) is 7.48. The predicted molar refractivity (Wildman–Crippen MR) is 83.9 cm³/mol. The number of hydrogen-bond donors (Lipinski definition) is 0. The molecule has 1 fully saturated rings. The van der Waals surface area contributed by atoms with Crippen LogP contribution in [0.1, 0.15) is 23.1 Å². The van der Waals surface area contributed by atoms with E-state index in [9.17, 15) is 0 Å². The summed E-state index contributed by atoms with van der Waals surface area (Å²) >= 11 is 0. The quantitative estimate of drug-likeness (QED) is 0.864. The predicted octanol–water partition coefficient (Wildman–Crippen LogP) is 2.27. The molecule has 1 aromatic carbocycles. The Kier molecular flexibility index (Phi) is 4.27.